The normalized spacial score (nSPS) is 12.7. The van der Waals surface area contributed by atoms with Crippen molar-refractivity contribution in [2.24, 2.45) is 0 Å². The quantitative estimate of drug-likeness (QED) is 0.594. The van der Waals surface area contributed by atoms with Crippen LogP contribution < -0.4 is 15.0 Å². The van der Waals surface area contributed by atoms with Gasteiger partial charge < -0.3 is 14.5 Å². The lowest BCUT2D eigenvalue weighted by atomic mass is 10.1. The van der Waals surface area contributed by atoms with Crippen molar-refractivity contribution >= 4 is 10.9 Å². The van der Waals surface area contributed by atoms with Crippen LogP contribution in [-0.4, -0.2) is 26.5 Å². The Hall–Kier alpha value is -3.61. The second-order valence-electron chi connectivity index (χ2n) is 6.53. The fourth-order valence-electron chi connectivity index (χ4n) is 3.34. The third-order valence-electron chi connectivity index (χ3n) is 4.55. The van der Waals surface area contributed by atoms with E-state index in [1.54, 1.807) is 10.7 Å². The van der Waals surface area contributed by atoms with E-state index in [9.17, 15) is 4.79 Å². The highest BCUT2D eigenvalue weighted by molar-refractivity contribution is 5.93. The zero-order valence-corrected chi connectivity index (χ0v) is 14.8. The van der Waals surface area contributed by atoms with Gasteiger partial charge in [0.1, 0.15) is 5.82 Å². The molecule has 0 spiro atoms. The van der Waals surface area contributed by atoms with Crippen LogP contribution in [0.4, 0.5) is 0 Å². The topological polar surface area (TPSA) is 82.0 Å². The molecule has 0 radical (unpaired) electrons. The summed E-state index contributed by atoms with van der Waals surface area (Å²) in [6.07, 6.45) is 0. The Morgan fingerprint density at radius 3 is 2.78 bits per heavy atom. The van der Waals surface area contributed by atoms with Gasteiger partial charge in [0, 0.05) is 28.6 Å². The molecule has 2 aromatic heterocycles. The van der Waals surface area contributed by atoms with E-state index in [0.717, 1.165) is 27.7 Å². The van der Waals surface area contributed by atoms with Gasteiger partial charge in [-0.25, -0.2) is 9.67 Å². The third kappa shape index (κ3) is 2.55. The predicted octanol–water partition coefficient (Wildman–Crippen LogP) is 3.12. The van der Waals surface area contributed by atoms with Crippen LogP contribution in [0.1, 0.15) is 11.4 Å². The second kappa shape index (κ2) is 5.70. The number of fused-ring (bicyclic) bond motifs is 2. The van der Waals surface area contributed by atoms with Crippen LogP contribution in [-0.2, 0) is 0 Å². The van der Waals surface area contributed by atoms with Gasteiger partial charge >= 0.3 is 0 Å². The molecule has 1 aliphatic rings. The maximum atomic E-state index is 12.2. The number of aromatic nitrogens is 4. The molecule has 134 valence electrons. The van der Waals surface area contributed by atoms with Crippen LogP contribution in [0.25, 0.3) is 28.0 Å². The molecule has 1 N–H and O–H groups in total. The number of rotatable bonds is 2. The molecule has 0 fully saturated rings. The molecule has 27 heavy (non-hydrogen) atoms. The average Bonchev–Trinajstić information content (AvgIpc) is 3.27. The summed E-state index contributed by atoms with van der Waals surface area (Å²) in [5.74, 6) is 2.59. The molecular formula is C20H16N4O3. The van der Waals surface area contributed by atoms with Crippen molar-refractivity contribution in [1.82, 2.24) is 19.7 Å². The molecule has 7 heteroatoms. The zero-order valence-electron chi connectivity index (χ0n) is 14.8. The van der Waals surface area contributed by atoms with Gasteiger partial charge in [0.05, 0.1) is 5.69 Å². The Morgan fingerprint density at radius 2 is 1.89 bits per heavy atom. The van der Waals surface area contributed by atoms with E-state index >= 15 is 0 Å². The summed E-state index contributed by atoms with van der Waals surface area (Å²) < 4.78 is 12.6. The van der Waals surface area contributed by atoms with Gasteiger partial charge in [-0.3, -0.25) is 4.79 Å². The summed E-state index contributed by atoms with van der Waals surface area (Å²) in [4.78, 5) is 19.7. The molecule has 0 unspecified atom stereocenters. The highest BCUT2D eigenvalue weighted by Gasteiger charge is 2.19. The molecule has 0 bridgehead atoms. The van der Waals surface area contributed by atoms with Crippen molar-refractivity contribution in [1.29, 1.82) is 0 Å². The predicted molar refractivity (Wildman–Crippen MR) is 101 cm³/mol. The maximum Gasteiger partial charge on any atom is 0.249 e. The molecule has 0 saturated carbocycles. The van der Waals surface area contributed by atoms with E-state index < -0.39 is 0 Å². The molecule has 0 saturated heterocycles. The van der Waals surface area contributed by atoms with E-state index in [-0.39, 0.29) is 12.4 Å². The first-order valence-corrected chi connectivity index (χ1v) is 8.56. The SMILES string of the molecule is Cc1ccc2[nH]c(=O)cc(-c3nc(C)nn3-c3ccc4c(c3)OCO4)c2c1. The number of pyridine rings is 1. The number of nitrogens with one attached hydrogen (secondary N) is 1. The highest BCUT2D eigenvalue weighted by atomic mass is 16.7. The molecular weight excluding hydrogens is 344 g/mol. The second-order valence-corrected chi connectivity index (χ2v) is 6.53. The van der Waals surface area contributed by atoms with Gasteiger partial charge in [-0.05, 0) is 38.1 Å². The van der Waals surface area contributed by atoms with Crippen molar-refractivity contribution in [2.75, 3.05) is 6.79 Å². The van der Waals surface area contributed by atoms with E-state index in [1.165, 1.54) is 0 Å². The summed E-state index contributed by atoms with van der Waals surface area (Å²) in [7, 11) is 0. The van der Waals surface area contributed by atoms with Crippen molar-refractivity contribution in [2.45, 2.75) is 13.8 Å². The number of aryl methyl sites for hydroxylation is 2. The van der Waals surface area contributed by atoms with Crippen molar-refractivity contribution in [3.8, 4) is 28.6 Å². The molecule has 3 heterocycles. The molecule has 1 aliphatic heterocycles. The first-order chi connectivity index (χ1) is 13.1. The van der Waals surface area contributed by atoms with Crippen LogP contribution in [0.2, 0.25) is 0 Å². The monoisotopic (exact) mass is 360 g/mol. The number of nitrogens with zero attached hydrogens (tertiary/aromatic N) is 3. The minimum Gasteiger partial charge on any atom is -0.454 e. The van der Waals surface area contributed by atoms with Gasteiger partial charge in [-0.1, -0.05) is 11.6 Å². The van der Waals surface area contributed by atoms with Gasteiger partial charge in [0.2, 0.25) is 12.4 Å². The van der Waals surface area contributed by atoms with Gasteiger partial charge in [-0.15, -0.1) is 0 Å². The summed E-state index contributed by atoms with van der Waals surface area (Å²) in [6, 6.07) is 13.1. The first-order valence-electron chi connectivity index (χ1n) is 8.56. The average molecular weight is 360 g/mol. The zero-order chi connectivity index (χ0) is 18.5. The van der Waals surface area contributed by atoms with E-state index in [2.05, 4.69) is 15.1 Å². The number of aromatic amines is 1. The molecule has 7 nitrogen and oxygen atoms in total. The number of hydrogen-bond acceptors (Lipinski definition) is 5. The minimum atomic E-state index is -0.181. The first kappa shape index (κ1) is 15.6. The Bertz CT molecular complexity index is 1260. The van der Waals surface area contributed by atoms with Crippen LogP contribution in [0.5, 0.6) is 11.5 Å². The Morgan fingerprint density at radius 1 is 1.04 bits per heavy atom. The van der Waals surface area contributed by atoms with E-state index in [4.69, 9.17) is 9.47 Å². The Balaban J connectivity index is 1.77. The van der Waals surface area contributed by atoms with Crippen molar-refractivity contribution < 1.29 is 9.47 Å². The van der Waals surface area contributed by atoms with E-state index in [1.807, 2.05) is 50.2 Å². The summed E-state index contributed by atoms with van der Waals surface area (Å²) in [6.45, 7) is 4.05. The van der Waals surface area contributed by atoms with Crippen LogP contribution in [0.3, 0.4) is 0 Å². The highest BCUT2D eigenvalue weighted by Crippen LogP contribution is 2.35. The lowest BCUT2D eigenvalue weighted by Crippen LogP contribution is -2.07. The number of benzene rings is 2. The third-order valence-corrected chi connectivity index (χ3v) is 4.55. The number of H-pyrrole nitrogens is 1. The fourth-order valence-corrected chi connectivity index (χ4v) is 3.34. The smallest absolute Gasteiger partial charge is 0.249 e. The van der Waals surface area contributed by atoms with Crippen LogP contribution in [0, 0.1) is 13.8 Å². The minimum absolute atomic E-state index is 0.181. The Labute approximate surface area is 154 Å². The molecule has 0 amide bonds. The summed E-state index contributed by atoms with van der Waals surface area (Å²) in [5, 5.41) is 5.46. The largest absolute Gasteiger partial charge is 0.454 e. The van der Waals surface area contributed by atoms with Crippen LogP contribution in [0.15, 0.2) is 47.3 Å². The standard InChI is InChI=1S/C20H16N4O3/c1-11-3-5-16-14(7-11)15(9-19(25)22-16)20-21-12(2)23-24(20)13-4-6-17-18(8-13)27-10-26-17/h3-9H,10H2,1-2H3,(H,22,25). The summed E-state index contributed by atoms with van der Waals surface area (Å²) in [5.41, 5.74) is 3.20. The fraction of sp³-hybridized carbons (Fsp3) is 0.150. The molecule has 0 aliphatic carbocycles. The number of hydrogen-bond donors (Lipinski definition) is 1. The van der Waals surface area contributed by atoms with Crippen LogP contribution >= 0.6 is 0 Å². The number of ether oxygens (including phenoxy) is 2. The van der Waals surface area contributed by atoms with Gasteiger partial charge in [0.25, 0.3) is 0 Å². The van der Waals surface area contributed by atoms with E-state index in [0.29, 0.717) is 23.1 Å². The van der Waals surface area contributed by atoms with Gasteiger partial charge in [0.15, 0.2) is 17.3 Å². The van der Waals surface area contributed by atoms with Crippen molar-refractivity contribution in [3.05, 3.63) is 64.2 Å². The van der Waals surface area contributed by atoms with Gasteiger partial charge in [-0.2, -0.15) is 5.10 Å². The molecule has 0 atom stereocenters. The maximum absolute atomic E-state index is 12.2. The molecule has 2 aromatic carbocycles. The van der Waals surface area contributed by atoms with Crippen molar-refractivity contribution in [3.63, 3.8) is 0 Å². The Kier molecular flexibility index (Phi) is 3.30. The lowest BCUT2D eigenvalue weighted by Gasteiger charge is -2.10. The summed E-state index contributed by atoms with van der Waals surface area (Å²) >= 11 is 0. The molecule has 4 aromatic rings. The molecule has 5 rings (SSSR count). The lowest BCUT2D eigenvalue weighted by molar-refractivity contribution is 0.174.